The van der Waals surface area contributed by atoms with Gasteiger partial charge in [-0.1, -0.05) is 5.16 Å². The van der Waals surface area contributed by atoms with Crippen molar-refractivity contribution >= 4 is 5.65 Å². The van der Waals surface area contributed by atoms with E-state index in [1.807, 2.05) is 31.1 Å². The molecule has 0 spiro atoms. The first-order valence-corrected chi connectivity index (χ1v) is 7.72. The van der Waals surface area contributed by atoms with Crippen molar-refractivity contribution in [3.8, 4) is 17.3 Å². The van der Waals surface area contributed by atoms with Crippen molar-refractivity contribution in [2.75, 3.05) is 13.1 Å². The summed E-state index contributed by atoms with van der Waals surface area (Å²) in [6.07, 6.45) is 7.20. The summed E-state index contributed by atoms with van der Waals surface area (Å²) in [7, 11) is 0. The molecule has 4 rings (SSSR count). The average molecular weight is 307 g/mol. The standard InChI is InChI=1S/C17H17N5O/c1-11-17(12(2)23-20-11)13-4-6-22-15(8-19-16(22)7-13)14-3-5-21(9-14)10-18/h4,6-8,14H,3,5,9H2,1-2H3. The van der Waals surface area contributed by atoms with Crippen molar-refractivity contribution in [2.24, 2.45) is 0 Å². The molecule has 1 unspecified atom stereocenters. The van der Waals surface area contributed by atoms with E-state index in [0.29, 0.717) is 5.92 Å². The fourth-order valence-electron chi connectivity index (χ4n) is 3.45. The van der Waals surface area contributed by atoms with Crippen molar-refractivity contribution in [1.29, 1.82) is 5.26 Å². The molecule has 6 nitrogen and oxygen atoms in total. The number of hydrogen-bond acceptors (Lipinski definition) is 5. The molecule has 4 heterocycles. The first kappa shape index (κ1) is 13.8. The highest BCUT2D eigenvalue weighted by atomic mass is 16.5. The molecule has 1 aliphatic heterocycles. The fraction of sp³-hybridized carbons (Fsp3) is 0.353. The number of aryl methyl sites for hydroxylation is 2. The molecule has 0 bridgehead atoms. The summed E-state index contributed by atoms with van der Waals surface area (Å²) in [6, 6.07) is 4.13. The Hall–Kier alpha value is -2.81. The number of aromatic nitrogens is 3. The molecule has 116 valence electrons. The first-order valence-electron chi connectivity index (χ1n) is 7.72. The molecule has 0 amide bonds. The molecule has 6 heteroatoms. The lowest BCUT2D eigenvalue weighted by molar-refractivity contribution is 0.393. The van der Waals surface area contributed by atoms with Gasteiger partial charge in [-0.2, -0.15) is 5.26 Å². The van der Waals surface area contributed by atoms with Crippen LogP contribution in [0.1, 0.15) is 29.5 Å². The van der Waals surface area contributed by atoms with E-state index in [2.05, 4.69) is 32.9 Å². The SMILES string of the molecule is Cc1noc(C)c1-c1ccn2c(C3CCN(C#N)C3)cnc2c1. The number of rotatable bonds is 2. The summed E-state index contributed by atoms with van der Waals surface area (Å²) in [4.78, 5) is 6.36. The predicted octanol–water partition coefficient (Wildman–Crippen LogP) is 2.88. The van der Waals surface area contributed by atoms with Crippen LogP contribution in [0.15, 0.2) is 29.0 Å². The number of nitriles is 1. The Morgan fingerprint density at radius 1 is 1.39 bits per heavy atom. The summed E-state index contributed by atoms with van der Waals surface area (Å²) in [5.41, 5.74) is 5.07. The van der Waals surface area contributed by atoms with Crippen LogP contribution in [0.2, 0.25) is 0 Å². The van der Waals surface area contributed by atoms with Crippen LogP contribution in [0.3, 0.4) is 0 Å². The zero-order chi connectivity index (χ0) is 16.0. The molecule has 0 saturated carbocycles. The number of likely N-dealkylation sites (tertiary alicyclic amines) is 1. The Balaban J connectivity index is 1.74. The van der Waals surface area contributed by atoms with Crippen LogP contribution in [-0.4, -0.2) is 32.5 Å². The van der Waals surface area contributed by atoms with Crippen LogP contribution in [0.4, 0.5) is 0 Å². The van der Waals surface area contributed by atoms with Crippen molar-refractivity contribution < 1.29 is 4.52 Å². The van der Waals surface area contributed by atoms with Gasteiger partial charge in [-0.05, 0) is 38.0 Å². The third-order valence-corrected chi connectivity index (χ3v) is 4.61. The highest BCUT2D eigenvalue weighted by molar-refractivity contribution is 5.70. The van der Waals surface area contributed by atoms with E-state index in [4.69, 9.17) is 9.78 Å². The minimum Gasteiger partial charge on any atom is -0.361 e. The molecule has 23 heavy (non-hydrogen) atoms. The number of hydrogen-bond donors (Lipinski definition) is 0. The van der Waals surface area contributed by atoms with Crippen LogP contribution in [-0.2, 0) is 0 Å². The van der Waals surface area contributed by atoms with Gasteiger partial charge in [0.25, 0.3) is 0 Å². The molecule has 1 saturated heterocycles. The molecule has 0 aromatic carbocycles. The Kier molecular flexibility index (Phi) is 3.08. The van der Waals surface area contributed by atoms with Gasteiger partial charge >= 0.3 is 0 Å². The number of imidazole rings is 1. The maximum Gasteiger partial charge on any atom is 0.179 e. The summed E-state index contributed by atoms with van der Waals surface area (Å²) >= 11 is 0. The number of pyridine rings is 1. The largest absolute Gasteiger partial charge is 0.361 e. The van der Waals surface area contributed by atoms with Crippen LogP contribution < -0.4 is 0 Å². The van der Waals surface area contributed by atoms with E-state index in [-0.39, 0.29) is 0 Å². The second-order valence-electron chi connectivity index (χ2n) is 6.06. The van der Waals surface area contributed by atoms with Gasteiger partial charge in [0.1, 0.15) is 11.4 Å². The summed E-state index contributed by atoms with van der Waals surface area (Å²) < 4.78 is 7.38. The Bertz CT molecular complexity index is 897. The molecule has 1 fully saturated rings. The maximum atomic E-state index is 9.03. The number of fused-ring (bicyclic) bond motifs is 1. The zero-order valence-electron chi connectivity index (χ0n) is 13.2. The molecular weight excluding hydrogens is 290 g/mol. The summed E-state index contributed by atoms with van der Waals surface area (Å²) in [5, 5.41) is 13.0. The lowest BCUT2D eigenvalue weighted by Gasteiger charge is -2.10. The van der Waals surface area contributed by atoms with Gasteiger partial charge in [0, 0.05) is 42.7 Å². The summed E-state index contributed by atoms with van der Waals surface area (Å²) in [5.74, 6) is 1.17. The molecule has 1 atom stereocenters. The van der Waals surface area contributed by atoms with Crippen molar-refractivity contribution in [2.45, 2.75) is 26.2 Å². The Morgan fingerprint density at radius 3 is 2.96 bits per heavy atom. The van der Waals surface area contributed by atoms with E-state index < -0.39 is 0 Å². The molecular formula is C17H17N5O. The van der Waals surface area contributed by atoms with E-state index in [9.17, 15) is 0 Å². The van der Waals surface area contributed by atoms with Crippen LogP contribution in [0, 0.1) is 25.3 Å². The maximum absolute atomic E-state index is 9.03. The van der Waals surface area contributed by atoms with Gasteiger partial charge in [-0.3, -0.25) is 0 Å². The predicted molar refractivity (Wildman–Crippen MR) is 84.7 cm³/mol. The lowest BCUT2D eigenvalue weighted by Crippen LogP contribution is -2.13. The second kappa shape index (κ2) is 5.13. The van der Waals surface area contributed by atoms with Gasteiger partial charge in [-0.25, -0.2) is 4.98 Å². The highest BCUT2D eigenvalue weighted by Gasteiger charge is 2.25. The summed E-state index contributed by atoms with van der Waals surface area (Å²) in [6.45, 7) is 5.47. The van der Waals surface area contributed by atoms with Gasteiger partial charge in [0.05, 0.1) is 5.69 Å². The topological polar surface area (TPSA) is 70.4 Å². The minimum absolute atomic E-state index is 0.356. The van der Waals surface area contributed by atoms with E-state index in [1.54, 1.807) is 0 Å². The molecule has 0 aliphatic carbocycles. The zero-order valence-corrected chi connectivity index (χ0v) is 13.2. The lowest BCUT2D eigenvalue weighted by atomic mass is 10.0. The van der Waals surface area contributed by atoms with Crippen molar-refractivity contribution in [3.63, 3.8) is 0 Å². The fourth-order valence-corrected chi connectivity index (χ4v) is 3.45. The minimum atomic E-state index is 0.356. The molecule has 0 N–H and O–H groups in total. The molecule has 3 aromatic heterocycles. The Morgan fingerprint density at radius 2 is 2.26 bits per heavy atom. The monoisotopic (exact) mass is 307 g/mol. The van der Waals surface area contributed by atoms with Gasteiger partial charge in [0.15, 0.2) is 6.19 Å². The first-order chi connectivity index (χ1) is 11.2. The molecule has 3 aromatic rings. The second-order valence-corrected chi connectivity index (χ2v) is 6.06. The van der Waals surface area contributed by atoms with Crippen molar-refractivity contribution in [1.82, 2.24) is 19.4 Å². The van der Waals surface area contributed by atoms with E-state index in [1.165, 1.54) is 5.69 Å². The van der Waals surface area contributed by atoms with Gasteiger partial charge < -0.3 is 13.8 Å². The van der Waals surface area contributed by atoms with Gasteiger partial charge in [0.2, 0.25) is 0 Å². The third kappa shape index (κ3) is 2.16. The Labute approximate surface area is 133 Å². The van der Waals surface area contributed by atoms with Crippen LogP contribution in [0.25, 0.3) is 16.8 Å². The van der Waals surface area contributed by atoms with Crippen LogP contribution in [0.5, 0.6) is 0 Å². The van der Waals surface area contributed by atoms with E-state index in [0.717, 1.165) is 47.7 Å². The smallest absolute Gasteiger partial charge is 0.179 e. The number of nitrogens with zero attached hydrogens (tertiary/aromatic N) is 5. The molecule has 0 radical (unpaired) electrons. The molecule has 1 aliphatic rings. The average Bonchev–Trinajstić information content (AvgIpc) is 3.25. The van der Waals surface area contributed by atoms with Gasteiger partial charge in [-0.15, -0.1) is 0 Å². The van der Waals surface area contributed by atoms with E-state index >= 15 is 0 Å². The van der Waals surface area contributed by atoms with Crippen molar-refractivity contribution in [3.05, 3.63) is 41.7 Å². The van der Waals surface area contributed by atoms with Crippen LogP contribution >= 0.6 is 0 Å². The quantitative estimate of drug-likeness (QED) is 0.681. The highest BCUT2D eigenvalue weighted by Crippen LogP contribution is 2.30. The third-order valence-electron chi connectivity index (χ3n) is 4.61. The normalized spacial score (nSPS) is 17.8.